The Kier molecular flexibility index (Phi) is 6.07. The molecule has 0 atom stereocenters. The summed E-state index contributed by atoms with van der Waals surface area (Å²) in [5.74, 6) is -4.59. The number of nitrogens with one attached hydrogen (secondary N) is 1. The summed E-state index contributed by atoms with van der Waals surface area (Å²) in [5, 5.41) is 25.1. The van der Waals surface area contributed by atoms with E-state index < -0.39 is 47.7 Å². The summed E-state index contributed by atoms with van der Waals surface area (Å²) in [6.45, 7) is 0. The molecule has 0 rings (SSSR count). The van der Waals surface area contributed by atoms with Crippen LogP contribution >= 0.6 is 0 Å². The van der Waals surface area contributed by atoms with Gasteiger partial charge in [-0.2, -0.15) is 4.89 Å². The minimum Gasteiger partial charge on any atom is -0.511 e. The topological polar surface area (TPSA) is 160 Å². The number of allylic oxidation sites excluding steroid dienone is 1. The normalized spacial score (nSPS) is 11.4. The van der Waals surface area contributed by atoms with Crippen molar-refractivity contribution < 1.29 is 34.4 Å². The number of hydrogen-bond donors (Lipinski definition) is 4. The average Bonchev–Trinajstić information content (AvgIpc) is 2.26. The van der Waals surface area contributed by atoms with E-state index in [2.05, 4.69) is 9.78 Å². The number of aliphatic hydroxyl groups excluding tert-OH is 1. The molecule has 0 saturated carbocycles. The molecule has 0 aromatic rings. The van der Waals surface area contributed by atoms with E-state index in [4.69, 9.17) is 16.2 Å². The van der Waals surface area contributed by atoms with E-state index in [-0.39, 0.29) is 0 Å². The van der Waals surface area contributed by atoms with Gasteiger partial charge in [0.05, 0.1) is 13.5 Å². The first-order valence-electron chi connectivity index (χ1n) is 4.58. The Balaban J connectivity index is 5.11. The molecule has 0 aromatic heterocycles. The number of amides is 1. The Morgan fingerprint density at radius 1 is 1.22 bits per heavy atom. The molecule has 0 bridgehead atoms. The van der Waals surface area contributed by atoms with Crippen LogP contribution < -0.4 is 5.73 Å². The molecule has 0 radical (unpaired) electrons. The number of rotatable bonds is 7. The predicted octanol–water partition coefficient (Wildman–Crippen LogP) is -0.727. The molecule has 0 aliphatic rings. The number of carboxylic acids is 1. The molecule has 0 aliphatic carbocycles. The largest absolute Gasteiger partial charge is 0.511 e. The van der Waals surface area contributed by atoms with Gasteiger partial charge in [0.2, 0.25) is 0 Å². The van der Waals surface area contributed by atoms with Crippen molar-refractivity contribution in [1.82, 2.24) is 0 Å². The van der Waals surface area contributed by atoms with E-state index in [9.17, 15) is 19.5 Å². The smallest absolute Gasteiger partial charge is 0.391 e. The summed E-state index contributed by atoms with van der Waals surface area (Å²) >= 11 is 0. The third-order valence-electron chi connectivity index (χ3n) is 1.72. The van der Waals surface area contributed by atoms with E-state index in [0.717, 1.165) is 7.11 Å². The Hall–Kier alpha value is -2.42. The number of aliphatic carboxylic acids is 1. The predicted molar refractivity (Wildman–Crippen MR) is 56.5 cm³/mol. The number of aliphatic hydroxyl groups is 1. The van der Waals surface area contributed by atoms with E-state index in [0.29, 0.717) is 0 Å². The lowest BCUT2D eigenvalue weighted by atomic mass is 10.1. The number of nitrogens with two attached hydrogens (primary N) is 1. The van der Waals surface area contributed by atoms with E-state index >= 15 is 0 Å². The summed E-state index contributed by atoms with van der Waals surface area (Å²) in [4.78, 5) is 40.4. The lowest BCUT2D eigenvalue weighted by Gasteiger charge is -2.07. The average molecular weight is 260 g/mol. The van der Waals surface area contributed by atoms with Crippen LogP contribution in [0.25, 0.3) is 0 Å². The highest BCUT2D eigenvalue weighted by atomic mass is 17.2. The molecule has 0 fully saturated rings. The maximum absolute atomic E-state index is 11.1. The lowest BCUT2D eigenvalue weighted by molar-refractivity contribution is -0.247. The third kappa shape index (κ3) is 4.61. The molecule has 100 valence electrons. The Morgan fingerprint density at radius 3 is 2.17 bits per heavy atom. The molecule has 9 heteroatoms. The maximum Gasteiger partial charge on any atom is 0.391 e. The van der Waals surface area contributed by atoms with Gasteiger partial charge >= 0.3 is 11.9 Å². The number of carboxylic acid groups (broad SMARTS) is 1. The lowest BCUT2D eigenvalue weighted by Crippen LogP contribution is -2.28. The quantitative estimate of drug-likeness (QED) is 0.154. The van der Waals surface area contributed by atoms with Crippen molar-refractivity contribution in [3.8, 4) is 0 Å². The molecule has 18 heavy (non-hydrogen) atoms. The summed E-state index contributed by atoms with van der Waals surface area (Å²) in [6.07, 6.45) is -0.939. The highest BCUT2D eigenvalue weighted by Gasteiger charge is 2.25. The van der Waals surface area contributed by atoms with Crippen molar-refractivity contribution in [2.45, 2.75) is 12.8 Å². The monoisotopic (exact) mass is 260 g/mol. The Morgan fingerprint density at radius 2 is 1.78 bits per heavy atom. The minimum atomic E-state index is -1.34. The van der Waals surface area contributed by atoms with Gasteiger partial charge in [0, 0.05) is 6.42 Å². The van der Waals surface area contributed by atoms with Gasteiger partial charge in [-0.15, -0.1) is 0 Å². The second kappa shape index (κ2) is 7.01. The molecular weight excluding hydrogens is 248 g/mol. The van der Waals surface area contributed by atoms with Gasteiger partial charge in [0.25, 0.3) is 5.91 Å². The van der Waals surface area contributed by atoms with Crippen molar-refractivity contribution in [3.05, 3.63) is 11.3 Å². The fraction of sp³-hybridized carbons (Fsp3) is 0.333. The fourth-order valence-electron chi connectivity index (χ4n) is 0.979. The summed E-state index contributed by atoms with van der Waals surface area (Å²) in [5.41, 5.74) is 3.06. The summed E-state index contributed by atoms with van der Waals surface area (Å²) < 4.78 is 0. The number of carbonyl (C=O) groups is 3. The molecule has 0 aromatic carbocycles. The Labute approximate surface area is 101 Å². The Bertz CT molecular complexity index is 413. The van der Waals surface area contributed by atoms with Crippen molar-refractivity contribution >= 4 is 23.6 Å². The highest BCUT2D eigenvalue weighted by Crippen LogP contribution is 2.10. The number of hydrogen-bond acceptors (Lipinski definition) is 7. The van der Waals surface area contributed by atoms with Gasteiger partial charge in [-0.05, 0) is 0 Å². The molecule has 9 nitrogen and oxygen atoms in total. The van der Waals surface area contributed by atoms with E-state index in [1.807, 2.05) is 0 Å². The molecule has 0 heterocycles. The first-order chi connectivity index (χ1) is 8.31. The van der Waals surface area contributed by atoms with Gasteiger partial charge in [0.15, 0.2) is 5.71 Å². The van der Waals surface area contributed by atoms with Crippen LogP contribution in [0.2, 0.25) is 0 Å². The second-order valence-corrected chi connectivity index (χ2v) is 2.99. The highest BCUT2D eigenvalue weighted by molar-refractivity contribution is 6.48. The van der Waals surface area contributed by atoms with Crippen LogP contribution in [0, 0.1) is 5.41 Å². The molecule has 1 amide bonds. The van der Waals surface area contributed by atoms with Gasteiger partial charge in [-0.1, -0.05) is 0 Å². The molecule has 5 N–H and O–H groups in total. The second-order valence-electron chi connectivity index (χ2n) is 2.99. The van der Waals surface area contributed by atoms with Gasteiger partial charge < -0.3 is 15.9 Å². The van der Waals surface area contributed by atoms with E-state index in [1.54, 1.807) is 0 Å². The number of primary amides is 1. The van der Waals surface area contributed by atoms with Gasteiger partial charge in [0.1, 0.15) is 11.3 Å². The number of carbonyl (C=O) groups excluding carboxylic acids is 2. The van der Waals surface area contributed by atoms with Crippen molar-refractivity contribution in [1.29, 1.82) is 5.41 Å². The first kappa shape index (κ1) is 15.6. The third-order valence-corrected chi connectivity index (χ3v) is 1.72. The minimum absolute atomic E-state index is 0.448. The van der Waals surface area contributed by atoms with Gasteiger partial charge in [-0.25, -0.2) is 4.79 Å². The van der Waals surface area contributed by atoms with Crippen LogP contribution in [0.5, 0.6) is 0 Å². The van der Waals surface area contributed by atoms with Crippen molar-refractivity contribution in [2.75, 3.05) is 7.11 Å². The SMILES string of the molecule is COOC(=O)C(=N)C(C(N)=O)=C(O)CCC(=O)O. The molecule has 0 unspecified atom stereocenters. The van der Waals surface area contributed by atoms with Crippen LogP contribution in [0.1, 0.15) is 12.8 Å². The zero-order chi connectivity index (χ0) is 14.3. The first-order valence-corrected chi connectivity index (χ1v) is 4.58. The molecular formula is C9H12N2O7. The van der Waals surface area contributed by atoms with E-state index in [1.165, 1.54) is 0 Å². The van der Waals surface area contributed by atoms with Crippen molar-refractivity contribution in [3.63, 3.8) is 0 Å². The molecule has 0 saturated heterocycles. The van der Waals surface area contributed by atoms with Crippen LogP contribution in [-0.4, -0.2) is 40.9 Å². The standard InChI is InChI=1S/C9H12N2O7/c1-17-18-9(16)7(10)6(8(11)15)4(12)2-3-5(13)14/h10,12H,2-3H2,1H3,(H2,11,15)(H,13,14). The van der Waals surface area contributed by atoms with Gasteiger partial charge in [-0.3, -0.25) is 19.9 Å². The molecule has 0 spiro atoms. The zero-order valence-corrected chi connectivity index (χ0v) is 9.43. The fourth-order valence-corrected chi connectivity index (χ4v) is 0.979. The summed E-state index contributed by atoms with van der Waals surface area (Å²) in [7, 11) is 1.00. The molecule has 0 aliphatic heterocycles. The summed E-state index contributed by atoms with van der Waals surface area (Å²) in [6, 6.07) is 0. The van der Waals surface area contributed by atoms with Crippen LogP contribution in [-0.2, 0) is 24.2 Å². The van der Waals surface area contributed by atoms with Crippen LogP contribution in [0.4, 0.5) is 0 Å². The van der Waals surface area contributed by atoms with Crippen molar-refractivity contribution in [2.24, 2.45) is 5.73 Å². The van der Waals surface area contributed by atoms with Crippen LogP contribution in [0.15, 0.2) is 11.3 Å². The van der Waals surface area contributed by atoms with Crippen LogP contribution in [0.3, 0.4) is 0 Å². The maximum atomic E-state index is 11.1. The zero-order valence-electron chi connectivity index (χ0n) is 9.43.